The van der Waals surface area contributed by atoms with Crippen molar-refractivity contribution >= 4 is 5.69 Å². The first-order valence-electron chi connectivity index (χ1n) is 5.92. The van der Waals surface area contributed by atoms with Gasteiger partial charge < -0.3 is 5.32 Å². The SMILES string of the molecule is Cc1ccc(NC2(C)CCCC2)c(C#N)c1. The van der Waals surface area contributed by atoms with E-state index in [1.807, 2.05) is 19.1 Å². The van der Waals surface area contributed by atoms with Gasteiger partial charge in [-0.3, -0.25) is 0 Å². The van der Waals surface area contributed by atoms with Gasteiger partial charge >= 0.3 is 0 Å². The zero-order valence-electron chi connectivity index (χ0n) is 10.0. The Morgan fingerprint density at radius 3 is 2.62 bits per heavy atom. The fourth-order valence-electron chi connectivity index (χ4n) is 2.47. The summed E-state index contributed by atoms with van der Waals surface area (Å²) in [5.41, 5.74) is 3.06. The number of anilines is 1. The second-order valence-corrected chi connectivity index (χ2v) is 5.05. The minimum atomic E-state index is 0.181. The molecule has 1 aromatic carbocycles. The lowest BCUT2D eigenvalue weighted by molar-refractivity contribution is 0.533. The van der Waals surface area contributed by atoms with E-state index in [1.165, 1.54) is 25.7 Å². The Labute approximate surface area is 97.3 Å². The molecule has 16 heavy (non-hydrogen) atoms. The highest BCUT2D eigenvalue weighted by molar-refractivity contribution is 5.59. The zero-order chi connectivity index (χ0) is 11.6. The van der Waals surface area contributed by atoms with E-state index in [9.17, 15) is 0 Å². The Bertz CT molecular complexity index is 423. The molecule has 0 radical (unpaired) electrons. The van der Waals surface area contributed by atoms with Crippen LogP contribution in [0.25, 0.3) is 0 Å². The lowest BCUT2D eigenvalue weighted by Crippen LogP contribution is -2.31. The third kappa shape index (κ3) is 2.19. The molecule has 1 aromatic rings. The van der Waals surface area contributed by atoms with Gasteiger partial charge in [-0.1, -0.05) is 18.9 Å². The molecule has 0 unspecified atom stereocenters. The van der Waals surface area contributed by atoms with E-state index >= 15 is 0 Å². The molecule has 1 fully saturated rings. The van der Waals surface area contributed by atoms with E-state index in [2.05, 4.69) is 24.4 Å². The molecule has 0 atom stereocenters. The number of hydrogen-bond donors (Lipinski definition) is 1. The van der Waals surface area contributed by atoms with Crippen LogP contribution in [0.15, 0.2) is 18.2 Å². The van der Waals surface area contributed by atoms with Crippen LogP contribution in [0.4, 0.5) is 5.69 Å². The van der Waals surface area contributed by atoms with Crippen LogP contribution in [-0.2, 0) is 0 Å². The standard InChI is InChI=1S/C14H18N2/c1-11-5-6-13(12(9-11)10-15)16-14(2)7-3-4-8-14/h5-6,9,16H,3-4,7-8H2,1-2H3. The van der Waals surface area contributed by atoms with Crippen LogP contribution < -0.4 is 5.32 Å². The van der Waals surface area contributed by atoms with Crippen LogP contribution in [0.1, 0.15) is 43.7 Å². The molecule has 2 rings (SSSR count). The first-order chi connectivity index (χ1) is 7.63. The van der Waals surface area contributed by atoms with Gasteiger partial charge in [0, 0.05) is 5.54 Å². The van der Waals surface area contributed by atoms with Crippen molar-refractivity contribution in [2.24, 2.45) is 0 Å². The molecule has 0 amide bonds. The van der Waals surface area contributed by atoms with Crippen LogP contribution in [0.5, 0.6) is 0 Å². The van der Waals surface area contributed by atoms with E-state index in [4.69, 9.17) is 5.26 Å². The molecule has 0 aromatic heterocycles. The average molecular weight is 214 g/mol. The summed E-state index contributed by atoms with van der Waals surface area (Å²) in [4.78, 5) is 0. The number of hydrogen-bond acceptors (Lipinski definition) is 2. The predicted octanol–water partition coefficient (Wildman–Crippen LogP) is 3.61. The van der Waals surface area contributed by atoms with Crippen LogP contribution in [-0.4, -0.2) is 5.54 Å². The Hall–Kier alpha value is -1.49. The summed E-state index contributed by atoms with van der Waals surface area (Å²) in [7, 11) is 0. The summed E-state index contributed by atoms with van der Waals surface area (Å²) in [5.74, 6) is 0. The lowest BCUT2D eigenvalue weighted by Gasteiger charge is -2.27. The first kappa shape index (κ1) is 11.0. The summed E-state index contributed by atoms with van der Waals surface area (Å²) < 4.78 is 0. The fourth-order valence-corrected chi connectivity index (χ4v) is 2.47. The molecule has 0 saturated heterocycles. The van der Waals surface area contributed by atoms with Crippen LogP contribution in [0, 0.1) is 18.3 Å². The van der Waals surface area contributed by atoms with Crippen molar-refractivity contribution in [3.05, 3.63) is 29.3 Å². The Balaban J connectivity index is 2.24. The highest BCUT2D eigenvalue weighted by atomic mass is 15.0. The van der Waals surface area contributed by atoms with E-state index in [0.29, 0.717) is 0 Å². The number of nitrogens with zero attached hydrogens (tertiary/aromatic N) is 1. The summed E-state index contributed by atoms with van der Waals surface area (Å²) in [6.07, 6.45) is 4.98. The largest absolute Gasteiger partial charge is 0.379 e. The summed E-state index contributed by atoms with van der Waals surface area (Å²) in [6, 6.07) is 8.29. The smallest absolute Gasteiger partial charge is 0.101 e. The molecule has 0 heterocycles. The van der Waals surface area contributed by atoms with Gasteiger partial charge in [-0.2, -0.15) is 5.26 Å². The molecule has 2 heteroatoms. The fraction of sp³-hybridized carbons (Fsp3) is 0.500. The van der Waals surface area contributed by atoms with Crippen molar-refractivity contribution in [3.8, 4) is 6.07 Å². The zero-order valence-corrected chi connectivity index (χ0v) is 10.0. The van der Waals surface area contributed by atoms with Crippen molar-refractivity contribution < 1.29 is 0 Å². The van der Waals surface area contributed by atoms with Crippen molar-refractivity contribution in [2.75, 3.05) is 5.32 Å². The molecule has 0 bridgehead atoms. The van der Waals surface area contributed by atoms with Crippen LogP contribution >= 0.6 is 0 Å². The van der Waals surface area contributed by atoms with E-state index in [-0.39, 0.29) is 5.54 Å². The Kier molecular flexibility index (Phi) is 2.87. The number of nitriles is 1. The monoisotopic (exact) mass is 214 g/mol. The first-order valence-corrected chi connectivity index (χ1v) is 5.92. The second-order valence-electron chi connectivity index (χ2n) is 5.05. The topological polar surface area (TPSA) is 35.8 Å². The normalized spacial score (nSPS) is 18.1. The molecule has 1 aliphatic rings. The average Bonchev–Trinajstić information content (AvgIpc) is 2.68. The van der Waals surface area contributed by atoms with Crippen molar-refractivity contribution in [1.29, 1.82) is 5.26 Å². The van der Waals surface area contributed by atoms with Crippen molar-refractivity contribution in [3.63, 3.8) is 0 Å². The summed E-state index contributed by atoms with van der Waals surface area (Å²) >= 11 is 0. The van der Waals surface area contributed by atoms with Gasteiger partial charge in [-0.05, 0) is 44.4 Å². The quantitative estimate of drug-likeness (QED) is 0.816. The minimum Gasteiger partial charge on any atom is -0.379 e. The number of benzene rings is 1. The highest BCUT2D eigenvalue weighted by Gasteiger charge is 2.28. The lowest BCUT2D eigenvalue weighted by atomic mass is 9.99. The maximum absolute atomic E-state index is 9.11. The molecule has 2 nitrogen and oxygen atoms in total. The highest BCUT2D eigenvalue weighted by Crippen LogP contribution is 2.33. The van der Waals surface area contributed by atoms with Gasteiger partial charge in [0.2, 0.25) is 0 Å². The molecule has 1 aliphatic carbocycles. The van der Waals surface area contributed by atoms with Crippen molar-refractivity contribution in [1.82, 2.24) is 0 Å². The van der Waals surface area contributed by atoms with E-state index in [0.717, 1.165) is 16.8 Å². The van der Waals surface area contributed by atoms with Crippen LogP contribution in [0.2, 0.25) is 0 Å². The van der Waals surface area contributed by atoms with Gasteiger partial charge in [0.05, 0.1) is 11.3 Å². The van der Waals surface area contributed by atoms with Gasteiger partial charge in [-0.25, -0.2) is 0 Å². The molecule has 1 saturated carbocycles. The molecule has 1 N–H and O–H groups in total. The predicted molar refractivity (Wildman–Crippen MR) is 66.4 cm³/mol. The van der Waals surface area contributed by atoms with Gasteiger partial charge in [0.25, 0.3) is 0 Å². The van der Waals surface area contributed by atoms with E-state index in [1.54, 1.807) is 0 Å². The van der Waals surface area contributed by atoms with Gasteiger partial charge in [0.15, 0.2) is 0 Å². The maximum atomic E-state index is 9.11. The molecular weight excluding hydrogens is 196 g/mol. The molecule has 84 valence electrons. The molecular formula is C14H18N2. The van der Waals surface area contributed by atoms with Gasteiger partial charge in [0.1, 0.15) is 6.07 Å². The Morgan fingerprint density at radius 2 is 2.00 bits per heavy atom. The summed E-state index contributed by atoms with van der Waals surface area (Å²) in [5, 5.41) is 12.7. The molecule has 0 spiro atoms. The third-order valence-electron chi connectivity index (χ3n) is 3.44. The number of nitrogens with one attached hydrogen (secondary N) is 1. The number of aryl methyl sites for hydroxylation is 1. The third-order valence-corrected chi connectivity index (χ3v) is 3.44. The van der Waals surface area contributed by atoms with Gasteiger partial charge in [-0.15, -0.1) is 0 Å². The maximum Gasteiger partial charge on any atom is 0.101 e. The second kappa shape index (κ2) is 4.17. The number of rotatable bonds is 2. The van der Waals surface area contributed by atoms with Crippen LogP contribution in [0.3, 0.4) is 0 Å². The minimum absolute atomic E-state index is 0.181. The Morgan fingerprint density at radius 1 is 1.31 bits per heavy atom. The van der Waals surface area contributed by atoms with E-state index < -0.39 is 0 Å². The summed E-state index contributed by atoms with van der Waals surface area (Å²) in [6.45, 7) is 4.27. The van der Waals surface area contributed by atoms with Crippen molar-refractivity contribution in [2.45, 2.75) is 45.1 Å². The molecule has 0 aliphatic heterocycles.